The third kappa shape index (κ3) is 2.01. The first kappa shape index (κ1) is 10.9. The molecule has 76 valence electrons. The molecule has 3 nitrogen and oxygen atoms in total. The van der Waals surface area contributed by atoms with E-state index in [1.54, 1.807) is 11.8 Å². The van der Waals surface area contributed by atoms with E-state index in [1.165, 1.54) is 14.2 Å². The van der Waals surface area contributed by atoms with Crippen LogP contribution in [-0.2, 0) is 0 Å². The smallest absolute Gasteiger partial charge is 0.157 e. The summed E-state index contributed by atoms with van der Waals surface area (Å²) < 4.78 is 10.2. The van der Waals surface area contributed by atoms with Crippen LogP contribution in [-0.4, -0.2) is 26.8 Å². The Bertz CT molecular complexity index is 311. The van der Waals surface area contributed by atoms with E-state index in [9.17, 15) is 4.79 Å². The van der Waals surface area contributed by atoms with Gasteiger partial charge >= 0.3 is 0 Å². The molecule has 0 N–H and O–H groups in total. The second-order valence-corrected chi connectivity index (χ2v) is 3.44. The van der Waals surface area contributed by atoms with E-state index >= 15 is 0 Å². The van der Waals surface area contributed by atoms with Crippen molar-refractivity contribution in [3.63, 3.8) is 0 Å². The summed E-state index contributed by atoms with van der Waals surface area (Å²) in [6, 6.07) is 3.63. The molecule has 1 rings (SSSR count). The number of aldehydes is 1. The van der Waals surface area contributed by atoms with Gasteiger partial charge in [0.1, 0.15) is 11.5 Å². The standard InChI is InChI=1S/C10H12O3S/c1-12-9-4-7(14-3)5-10(13-2)8(9)6-11/h4-6H,1-3H3. The van der Waals surface area contributed by atoms with Gasteiger partial charge in [0.15, 0.2) is 6.29 Å². The van der Waals surface area contributed by atoms with Gasteiger partial charge in [0.05, 0.1) is 19.8 Å². The van der Waals surface area contributed by atoms with Crippen LogP contribution in [0.1, 0.15) is 10.4 Å². The van der Waals surface area contributed by atoms with Crippen molar-refractivity contribution in [2.45, 2.75) is 4.90 Å². The van der Waals surface area contributed by atoms with Crippen molar-refractivity contribution >= 4 is 18.0 Å². The number of hydrogen-bond donors (Lipinski definition) is 0. The van der Waals surface area contributed by atoms with E-state index in [-0.39, 0.29) is 0 Å². The number of ether oxygens (including phenoxy) is 2. The quantitative estimate of drug-likeness (QED) is 0.566. The number of hydrogen-bond acceptors (Lipinski definition) is 4. The zero-order chi connectivity index (χ0) is 10.6. The highest BCUT2D eigenvalue weighted by atomic mass is 32.2. The van der Waals surface area contributed by atoms with Gasteiger partial charge in [-0.25, -0.2) is 0 Å². The monoisotopic (exact) mass is 212 g/mol. The van der Waals surface area contributed by atoms with E-state index in [2.05, 4.69) is 0 Å². The predicted molar refractivity (Wildman–Crippen MR) is 56.7 cm³/mol. The molecule has 0 spiro atoms. The number of rotatable bonds is 4. The van der Waals surface area contributed by atoms with Gasteiger partial charge in [-0.3, -0.25) is 4.79 Å². The zero-order valence-corrected chi connectivity index (χ0v) is 9.18. The van der Waals surface area contributed by atoms with Crippen LogP contribution < -0.4 is 9.47 Å². The van der Waals surface area contributed by atoms with E-state index in [0.29, 0.717) is 17.1 Å². The Hall–Kier alpha value is -1.16. The zero-order valence-electron chi connectivity index (χ0n) is 8.37. The van der Waals surface area contributed by atoms with Gasteiger partial charge < -0.3 is 9.47 Å². The molecule has 14 heavy (non-hydrogen) atoms. The van der Waals surface area contributed by atoms with Crippen LogP contribution in [0.5, 0.6) is 11.5 Å². The molecule has 0 saturated carbocycles. The molecule has 0 fully saturated rings. The van der Waals surface area contributed by atoms with Crippen molar-refractivity contribution in [1.82, 2.24) is 0 Å². The van der Waals surface area contributed by atoms with Crippen LogP contribution in [0.2, 0.25) is 0 Å². The van der Waals surface area contributed by atoms with Gasteiger partial charge in [-0.2, -0.15) is 0 Å². The minimum Gasteiger partial charge on any atom is -0.496 e. The molecule has 0 heterocycles. The first-order chi connectivity index (χ1) is 6.76. The minimum atomic E-state index is 0.452. The SMILES string of the molecule is COc1cc(SC)cc(OC)c1C=O. The Balaban J connectivity index is 3.31. The first-order valence-electron chi connectivity index (χ1n) is 4.02. The molecule has 4 heteroatoms. The van der Waals surface area contributed by atoms with Gasteiger partial charge in [-0.15, -0.1) is 11.8 Å². The second-order valence-electron chi connectivity index (χ2n) is 2.56. The molecule has 0 unspecified atom stereocenters. The van der Waals surface area contributed by atoms with Crippen molar-refractivity contribution in [1.29, 1.82) is 0 Å². The minimum absolute atomic E-state index is 0.452. The number of benzene rings is 1. The topological polar surface area (TPSA) is 35.5 Å². The summed E-state index contributed by atoms with van der Waals surface area (Å²) >= 11 is 1.57. The third-order valence-electron chi connectivity index (χ3n) is 1.87. The highest BCUT2D eigenvalue weighted by Gasteiger charge is 2.10. The summed E-state index contributed by atoms with van der Waals surface area (Å²) in [5.41, 5.74) is 0.452. The molecular formula is C10H12O3S. The maximum atomic E-state index is 10.8. The fourth-order valence-electron chi connectivity index (χ4n) is 1.15. The van der Waals surface area contributed by atoms with Gasteiger partial charge in [0.25, 0.3) is 0 Å². The van der Waals surface area contributed by atoms with Crippen LogP contribution >= 0.6 is 11.8 Å². The van der Waals surface area contributed by atoms with Crippen molar-refractivity contribution in [3.05, 3.63) is 17.7 Å². The first-order valence-corrected chi connectivity index (χ1v) is 5.24. The van der Waals surface area contributed by atoms with Gasteiger partial charge in [-0.1, -0.05) is 0 Å². The Labute approximate surface area is 87.4 Å². The van der Waals surface area contributed by atoms with Crippen molar-refractivity contribution < 1.29 is 14.3 Å². The lowest BCUT2D eigenvalue weighted by Crippen LogP contribution is -1.95. The largest absolute Gasteiger partial charge is 0.496 e. The van der Waals surface area contributed by atoms with Crippen molar-refractivity contribution in [2.24, 2.45) is 0 Å². The average Bonchev–Trinajstić information content (AvgIpc) is 2.26. The highest BCUT2D eigenvalue weighted by Crippen LogP contribution is 2.32. The second kappa shape index (κ2) is 4.91. The molecule has 0 saturated heterocycles. The van der Waals surface area contributed by atoms with Gasteiger partial charge in [0.2, 0.25) is 0 Å². The van der Waals surface area contributed by atoms with E-state index < -0.39 is 0 Å². The van der Waals surface area contributed by atoms with Crippen LogP contribution in [0.3, 0.4) is 0 Å². The molecule has 0 radical (unpaired) electrons. The Morgan fingerprint density at radius 3 is 2.00 bits per heavy atom. The maximum Gasteiger partial charge on any atom is 0.157 e. The molecule has 1 aromatic carbocycles. The lowest BCUT2D eigenvalue weighted by Gasteiger charge is -2.10. The number of carbonyl (C=O) groups excluding carboxylic acids is 1. The number of carbonyl (C=O) groups is 1. The van der Waals surface area contributed by atoms with Crippen LogP contribution in [0, 0.1) is 0 Å². The molecule has 0 aliphatic heterocycles. The van der Waals surface area contributed by atoms with Crippen molar-refractivity contribution in [3.8, 4) is 11.5 Å². The molecule has 0 bridgehead atoms. The summed E-state index contributed by atoms with van der Waals surface area (Å²) in [6.07, 6.45) is 2.69. The van der Waals surface area contributed by atoms with Gasteiger partial charge in [-0.05, 0) is 18.4 Å². The molecule has 0 atom stereocenters. The van der Waals surface area contributed by atoms with Crippen LogP contribution in [0.4, 0.5) is 0 Å². The molecule has 1 aromatic rings. The Morgan fingerprint density at radius 1 is 1.21 bits per heavy atom. The summed E-state index contributed by atoms with van der Waals surface area (Å²) in [7, 11) is 3.07. The normalized spacial score (nSPS) is 9.64. The summed E-state index contributed by atoms with van der Waals surface area (Å²) in [4.78, 5) is 11.8. The predicted octanol–water partition coefficient (Wildman–Crippen LogP) is 2.24. The molecule has 0 amide bonds. The molecule has 0 aromatic heterocycles. The summed E-state index contributed by atoms with van der Waals surface area (Å²) in [5.74, 6) is 1.09. The van der Waals surface area contributed by atoms with Crippen LogP contribution in [0.15, 0.2) is 17.0 Å². The van der Waals surface area contributed by atoms with E-state index in [1.807, 2.05) is 18.4 Å². The van der Waals surface area contributed by atoms with Crippen molar-refractivity contribution in [2.75, 3.05) is 20.5 Å². The average molecular weight is 212 g/mol. The van der Waals surface area contributed by atoms with E-state index in [0.717, 1.165) is 11.2 Å². The maximum absolute atomic E-state index is 10.8. The van der Waals surface area contributed by atoms with Crippen LogP contribution in [0.25, 0.3) is 0 Å². The number of thioether (sulfide) groups is 1. The lowest BCUT2D eigenvalue weighted by atomic mass is 10.2. The lowest BCUT2D eigenvalue weighted by molar-refractivity contribution is 0.111. The highest BCUT2D eigenvalue weighted by molar-refractivity contribution is 7.98. The summed E-state index contributed by atoms with van der Waals surface area (Å²) in [6.45, 7) is 0. The summed E-state index contributed by atoms with van der Waals surface area (Å²) in [5, 5.41) is 0. The Morgan fingerprint density at radius 2 is 1.71 bits per heavy atom. The fourth-order valence-corrected chi connectivity index (χ4v) is 1.60. The molecule has 0 aliphatic rings. The third-order valence-corrected chi connectivity index (χ3v) is 2.58. The Kier molecular flexibility index (Phi) is 3.83. The molecule has 0 aliphatic carbocycles. The van der Waals surface area contributed by atoms with Gasteiger partial charge in [0, 0.05) is 4.90 Å². The van der Waals surface area contributed by atoms with E-state index in [4.69, 9.17) is 9.47 Å². The molecular weight excluding hydrogens is 200 g/mol. The number of methoxy groups -OCH3 is 2. The fraction of sp³-hybridized carbons (Fsp3) is 0.300.